The molecule has 2 amide bonds. The van der Waals surface area contributed by atoms with Gasteiger partial charge in [-0.05, 0) is 37.6 Å². The van der Waals surface area contributed by atoms with Crippen LogP contribution in [0.2, 0.25) is 0 Å². The van der Waals surface area contributed by atoms with E-state index in [-0.39, 0.29) is 12.5 Å². The van der Waals surface area contributed by atoms with E-state index in [0.717, 1.165) is 11.1 Å². The lowest BCUT2D eigenvalue weighted by Gasteiger charge is -2.18. The molecule has 0 aromatic heterocycles. The van der Waals surface area contributed by atoms with Crippen molar-refractivity contribution in [1.29, 1.82) is 0 Å². The van der Waals surface area contributed by atoms with Gasteiger partial charge in [0.15, 0.2) is 18.1 Å². The van der Waals surface area contributed by atoms with Crippen LogP contribution in [-0.2, 0) is 9.59 Å². The minimum absolute atomic E-state index is 0.0893. The SMILES string of the molecule is C=C(C)CN(CC)C(=O)/C=C/c1ccc(OCC(N)=O)c(OC)c1. The Labute approximate surface area is 142 Å². The van der Waals surface area contributed by atoms with Crippen molar-refractivity contribution in [3.63, 3.8) is 0 Å². The topological polar surface area (TPSA) is 81.9 Å². The smallest absolute Gasteiger partial charge is 0.255 e. The van der Waals surface area contributed by atoms with E-state index in [2.05, 4.69) is 6.58 Å². The molecule has 0 saturated heterocycles. The number of likely N-dealkylation sites (N-methyl/N-ethyl adjacent to an activating group) is 1. The molecule has 0 heterocycles. The molecule has 24 heavy (non-hydrogen) atoms. The van der Waals surface area contributed by atoms with Crippen LogP contribution in [0.15, 0.2) is 36.4 Å². The van der Waals surface area contributed by atoms with E-state index in [0.29, 0.717) is 24.6 Å². The third kappa shape index (κ3) is 6.16. The third-order valence-corrected chi connectivity index (χ3v) is 3.13. The van der Waals surface area contributed by atoms with Crippen molar-refractivity contribution in [1.82, 2.24) is 4.90 Å². The zero-order valence-electron chi connectivity index (χ0n) is 14.4. The molecule has 6 heteroatoms. The van der Waals surface area contributed by atoms with Crippen LogP contribution in [0.4, 0.5) is 0 Å². The molecular formula is C18H24N2O4. The Morgan fingerprint density at radius 3 is 2.58 bits per heavy atom. The molecule has 0 atom stereocenters. The maximum Gasteiger partial charge on any atom is 0.255 e. The lowest BCUT2D eigenvalue weighted by Crippen LogP contribution is -2.30. The quantitative estimate of drug-likeness (QED) is 0.554. The number of hydrogen-bond acceptors (Lipinski definition) is 4. The van der Waals surface area contributed by atoms with Crippen LogP contribution in [0.5, 0.6) is 11.5 Å². The summed E-state index contributed by atoms with van der Waals surface area (Å²) in [5, 5.41) is 0. The first-order valence-corrected chi connectivity index (χ1v) is 7.57. The van der Waals surface area contributed by atoms with Crippen molar-refractivity contribution in [2.45, 2.75) is 13.8 Å². The molecular weight excluding hydrogens is 308 g/mol. The van der Waals surface area contributed by atoms with E-state index >= 15 is 0 Å². The summed E-state index contributed by atoms with van der Waals surface area (Å²) in [6.07, 6.45) is 3.20. The van der Waals surface area contributed by atoms with Gasteiger partial charge < -0.3 is 20.1 Å². The summed E-state index contributed by atoms with van der Waals surface area (Å²) in [4.78, 5) is 24.6. The largest absolute Gasteiger partial charge is 0.493 e. The van der Waals surface area contributed by atoms with Crippen molar-refractivity contribution in [3.8, 4) is 11.5 Å². The van der Waals surface area contributed by atoms with E-state index in [1.165, 1.54) is 13.2 Å². The fourth-order valence-electron chi connectivity index (χ4n) is 2.00. The molecule has 0 fully saturated rings. The van der Waals surface area contributed by atoms with Gasteiger partial charge in [0.05, 0.1) is 7.11 Å². The van der Waals surface area contributed by atoms with Crippen molar-refractivity contribution in [3.05, 3.63) is 42.0 Å². The molecule has 130 valence electrons. The van der Waals surface area contributed by atoms with Crippen LogP contribution >= 0.6 is 0 Å². The maximum absolute atomic E-state index is 12.2. The third-order valence-electron chi connectivity index (χ3n) is 3.13. The van der Waals surface area contributed by atoms with E-state index < -0.39 is 5.91 Å². The van der Waals surface area contributed by atoms with Crippen molar-refractivity contribution in [2.24, 2.45) is 5.73 Å². The average molecular weight is 332 g/mol. The normalized spacial score (nSPS) is 10.5. The van der Waals surface area contributed by atoms with Gasteiger partial charge >= 0.3 is 0 Å². The lowest BCUT2D eigenvalue weighted by atomic mass is 10.2. The number of methoxy groups -OCH3 is 1. The highest BCUT2D eigenvalue weighted by atomic mass is 16.5. The van der Waals surface area contributed by atoms with Crippen LogP contribution in [0.25, 0.3) is 6.08 Å². The monoisotopic (exact) mass is 332 g/mol. The van der Waals surface area contributed by atoms with Crippen molar-refractivity contribution in [2.75, 3.05) is 26.8 Å². The van der Waals surface area contributed by atoms with E-state index in [4.69, 9.17) is 15.2 Å². The molecule has 0 saturated carbocycles. The highest BCUT2D eigenvalue weighted by Gasteiger charge is 2.09. The Kier molecular flexibility index (Phi) is 7.55. The first-order valence-electron chi connectivity index (χ1n) is 7.57. The summed E-state index contributed by atoms with van der Waals surface area (Å²) in [5.41, 5.74) is 6.76. The highest BCUT2D eigenvalue weighted by molar-refractivity contribution is 5.92. The number of carbonyl (C=O) groups is 2. The van der Waals surface area contributed by atoms with Gasteiger partial charge in [-0.15, -0.1) is 0 Å². The number of ether oxygens (including phenoxy) is 2. The second kappa shape index (κ2) is 9.39. The summed E-state index contributed by atoms with van der Waals surface area (Å²) < 4.78 is 10.5. The fraction of sp³-hybridized carbons (Fsp3) is 0.333. The molecule has 1 aromatic carbocycles. The first-order chi connectivity index (χ1) is 11.4. The van der Waals surface area contributed by atoms with E-state index in [9.17, 15) is 9.59 Å². The number of benzene rings is 1. The Morgan fingerprint density at radius 2 is 2.04 bits per heavy atom. The van der Waals surface area contributed by atoms with Crippen LogP contribution in [0, 0.1) is 0 Å². The molecule has 0 aliphatic rings. The van der Waals surface area contributed by atoms with Gasteiger partial charge in [0, 0.05) is 19.2 Å². The van der Waals surface area contributed by atoms with Crippen LogP contribution in [-0.4, -0.2) is 43.5 Å². The number of hydrogen-bond donors (Lipinski definition) is 1. The number of nitrogens with two attached hydrogens (primary N) is 1. The van der Waals surface area contributed by atoms with Gasteiger partial charge in [0.1, 0.15) is 0 Å². The summed E-state index contributed by atoms with van der Waals surface area (Å²) >= 11 is 0. The van der Waals surface area contributed by atoms with Crippen LogP contribution in [0.3, 0.4) is 0 Å². The Hall–Kier alpha value is -2.76. The zero-order valence-corrected chi connectivity index (χ0v) is 14.4. The highest BCUT2D eigenvalue weighted by Crippen LogP contribution is 2.28. The zero-order chi connectivity index (χ0) is 18.1. The standard InChI is InChI=1S/C18H24N2O4/c1-5-20(11-13(2)3)18(22)9-7-14-6-8-15(16(10-14)23-4)24-12-17(19)21/h6-10H,2,5,11-12H2,1,3-4H3,(H2,19,21)/b9-7+. The summed E-state index contributed by atoms with van der Waals surface area (Å²) in [6, 6.07) is 5.14. The summed E-state index contributed by atoms with van der Waals surface area (Å²) in [5.74, 6) is 0.217. The maximum atomic E-state index is 12.2. The number of amides is 2. The molecule has 0 unspecified atom stereocenters. The van der Waals surface area contributed by atoms with Gasteiger partial charge in [-0.25, -0.2) is 0 Å². The van der Waals surface area contributed by atoms with Gasteiger partial charge in [-0.3, -0.25) is 9.59 Å². The van der Waals surface area contributed by atoms with Gasteiger partial charge in [0.25, 0.3) is 5.91 Å². The number of primary amides is 1. The minimum Gasteiger partial charge on any atom is -0.493 e. The van der Waals surface area contributed by atoms with Gasteiger partial charge in [-0.1, -0.05) is 18.2 Å². The van der Waals surface area contributed by atoms with Crippen LogP contribution in [0.1, 0.15) is 19.4 Å². The number of rotatable bonds is 9. The van der Waals surface area contributed by atoms with Gasteiger partial charge in [-0.2, -0.15) is 0 Å². The molecule has 1 rings (SSSR count). The fourth-order valence-corrected chi connectivity index (χ4v) is 2.00. The van der Waals surface area contributed by atoms with Gasteiger partial charge in [0.2, 0.25) is 5.91 Å². The molecule has 6 nitrogen and oxygen atoms in total. The average Bonchev–Trinajstić information content (AvgIpc) is 2.55. The molecule has 0 aliphatic heterocycles. The summed E-state index contributed by atoms with van der Waals surface area (Å²) in [6.45, 7) is 8.54. The second-order valence-electron chi connectivity index (χ2n) is 5.31. The lowest BCUT2D eigenvalue weighted by molar-refractivity contribution is -0.125. The van der Waals surface area contributed by atoms with Crippen molar-refractivity contribution < 1.29 is 19.1 Å². The number of nitrogens with zero attached hydrogens (tertiary/aromatic N) is 1. The van der Waals surface area contributed by atoms with Crippen LogP contribution < -0.4 is 15.2 Å². The molecule has 0 radical (unpaired) electrons. The molecule has 0 spiro atoms. The Bertz CT molecular complexity index is 638. The first kappa shape index (κ1) is 19.3. The van der Waals surface area contributed by atoms with E-state index in [1.54, 1.807) is 29.2 Å². The molecule has 0 aliphatic carbocycles. The Balaban J connectivity index is 2.85. The Morgan fingerprint density at radius 1 is 1.33 bits per heavy atom. The minimum atomic E-state index is -0.566. The molecule has 2 N–H and O–H groups in total. The van der Waals surface area contributed by atoms with Crippen molar-refractivity contribution >= 4 is 17.9 Å². The summed E-state index contributed by atoms with van der Waals surface area (Å²) in [7, 11) is 1.50. The molecule has 1 aromatic rings. The molecule has 0 bridgehead atoms. The van der Waals surface area contributed by atoms with E-state index in [1.807, 2.05) is 13.8 Å². The predicted octanol–water partition coefficient (Wildman–Crippen LogP) is 2.00. The second-order valence-corrected chi connectivity index (χ2v) is 5.31. The predicted molar refractivity (Wildman–Crippen MR) is 93.8 cm³/mol. The number of carbonyl (C=O) groups excluding carboxylic acids is 2.